The van der Waals surface area contributed by atoms with E-state index in [4.69, 9.17) is 18.5 Å². The van der Waals surface area contributed by atoms with E-state index in [1.165, 1.54) is 32.1 Å². The Balaban J connectivity index is 4.29. The summed E-state index contributed by atoms with van der Waals surface area (Å²) in [5.74, 6) is -0.896. The van der Waals surface area contributed by atoms with Crippen LogP contribution in [0.15, 0.2) is 24.3 Å². The van der Waals surface area contributed by atoms with Gasteiger partial charge in [-0.1, -0.05) is 83.1 Å². The SMILES string of the molecule is CCCCCC/C=C\C/C=C\CCCCCCCC(=O)OC(COC(=O)CCCC)COP(=O)([O-])OCC[N+](C)(C)C. The van der Waals surface area contributed by atoms with Crippen LogP contribution < -0.4 is 4.89 Å². The zero-order valence-corrected chi connectivity index (χ0v) is 28.1. The maximum Gasteiger partial charge on any atom is 0.306 e. The smallest absolute Gasteiger partial charge is 0.306 e. The summed E-state index contributed by atoms with van der Waals surface area (Å²) in [6, 6.07) is 0. The summed E-state index contributed by atoms with van der Waals surface area (Å²) in [4.78, 5) is 36.5. The molecule has 42 heavy (non-hydrogen) atoms. The molecule has 0 fully saturated rings. The van der Waals surface area contributed by atoms with Gasteiger partial charge in [0.25, 0.3) is 7.82 Å². The molecule has 10 heteroatoms. The van der Waals surface area contributed by atoms with Crippen molar-refractivity contribution < 1.29 is 42.1 Å². The Hall–Kier alpha value is -1.51. The topological polar surface area (TPSA) is 111 Å². The molecule has 0 aliphatic rings. The number of carbonyl (C=O) groups is 2. The lowest BCUT2D eigenvalue weighted by Gasteiger charge is -2.28. The molecule has 0 amide bonds. The molecule has 0 aliphatic heterocycles. The van der Waals surface area contributed by atoms with Crippen molar-refractivity contribution in [2.75, 3.05) is 47.5 Å². The van der Waals surface area contributed by atoms with Crippen molar-refractivity contribution in [2.45, 2.75) is 123 Å². The van der Waals surface area contributed by atoms with Crippen LogP contribution in [-0.2, 0) is 32.7 Å². The first kappa shape index (κ1) is 40.5. The van der Waals surface area contributed by atoms with Crippen molar-refractivity contribution in [2.24, 2.45) is 0 Å². The predicted octanol–water partition coefficient (Wildman–Crippen LogP) is 7.04. The molecule has 2 unspecified atom stereocenters. The number of hydrogen-bond donors (Lipinski definition) is 0. The minimum atomic E-state index is -4.60. The molecule has 246 valence electrons. The van der Waals surface area contributed by atoms with Gasteiger partial charge in [0.2, 0.25) is 0 Å². The van der Waals surface area contributed by atoms with Gasteiger partial charge in [0.15, 0.2) is 6.10 Å². The van der Waals surface area contributed by atoms with Crippen molar-refractivity contribution in [1.82, 2.24) is 0 Å². The molecule has 9 nitrogen and oxygen atoms in total. The summed E-state index contributed by atoms with van der Waals surface area (Å²) in [5, 5.41) is 0. The minimum absolute atomic E-state index is 0.0341. The number of rotatable bonds is 28. The maximum absolute atomic E-state index is 12.4. The lowest BCUT2D eigenvalue weighted by Crippen LogP contribution is -2.37. The van der Waals surface area contributed by atoms with Crippen LogP contribution >= 0.6 is 7.82 Å². The molecule has 0 aromatic heterocycles. The number of phosphoric ester groups is 1. The second kappa shape index (κ2) is 25.9. The fourth-order valence-corrected chi connectivity index (χ4v) is 4.56. The lowest BCUT2D eigenvalue weighted by atomic mass is 10.1. The van der Waals surface area contributed by atoms with Gasteiger partial charge in [0.05, 0.1) is 27.7 Å². The summed E-state index contributed by atoms with van der Waals surface area (Å²) < 4.78 is 33.1. The quantitative estimate of drug-likeness (QED) is 0.0302. The van der Waals surface area contributed by atoms with Gasteiger partial charge in [-0.25, -0.2) is 0 Å². The second-order valence-corrected chi connectivity index (χ2v) is 13.2. The number of hydrogen-bond acceptors (Lipinski definition) is 8. The summed E-state index contributed by atoms with van der Waals surface area (Å²) in [7, 11) is 1.15. The number of ether oxygens (including phenoxy) is 2. The Bertz CT molecular complexity index is 794. The first-order valence-electron chi connectivity index (χ1n) is 16.0. The van der Waals surface area contributed by atoms with Gasteiger partial charge in [0.1, 0.15) is 19.8 Å². The van der Waals surface area contributed by atoms with Crippen LogP contribution in [-0.4, -0.2) is 70.0 Å². The van der Waals surface area contributed by atoms with Gasteiger partial charge in [-0.15, -0.1) is 0 Å². The molecule has 0 aliphatic carbocycles. The predicted molar refractivity (Wildman–Crippen MR) is 167 cm³/mol. The first-order valence-corrected chi connectivity index (χ1v) is 17.5. The average molecular weight is 618 g/mol. The van der Waals surface area contributed by atoms with Crippen LogP contribution in [0.25, 0.3) is 0 Å². The number of phosphoric acid groups is 1. The minimum Gasteiger partial charge on any atom is -0.756 e. The number of allylic oxidation sites excluding steroid dienone is 4. The second-order valence-electron chi connectivity index (χ2n) is 11.8. The molecule has 0 spiro atoms. The van der Waals surface area contributed by atoms with Crippen LogP contribution in [0.2, 0.25) is 0 Å². The normalized spacial score (nSPS) is 14.3. The molecule has 0 aromatic carbocycles. The largest absolute Gasteiger partial charge is 0.756 e. The van der Waals surface area contributed by atoms with Gasteiger partial charge >= 0.3 is 11.9 Å². The summed E-state index contributed by atoms with van der Waals surface area (Å²) in [6.07, 6.45) is 23.2. The van der Waals surface area contributed by atoms with E-state index in [0.717, 1.165) is 44.9 Å². The molecule has 0 rings (SSSR count). The molecule has 0 heterocycles. The van der Waals surface area contributed by atoms with Gasteiger partial charge in [0, 0.05) is 12.8 Å². The average Bonchev–Trinajstić information content (AvgIpc) is 2.92. The van der Waals surface area contributed by atoms with Crippen LogP contribution in [0, 0.1) is 0 Å². The fraction of sp³-hybridized carbons (Fsp3) is 0.812. The van der Waals surface area contributed by atoms with E-state index in [9.17, 15) is 19.0 Å². The molecule has 0 aromatic rings. The Morgan fingerprint density at radius 1 is 0.738 bits per heavy atom. The third-order valence-corrected chi connectivity index (χ3v) is 7.44. The van der Waals surface area contributed by atoms with Crippen molar-refractivity contribution in [1.29, 1.82) is 0 Å². The highest BCUT2D eigenvalue weighted by atomic mass is 31.2. The summed E-state index contributed by atoms with van der Waals surface area (Å²) in [6.45, 7) is 3.89. The van der Waals surface area contributed by atoms with Crippen molar-refractivity contribution in [3.63, 3.8) is 0 Å². The Morgan fingerprint density at radius 2 is 1.31 bits per heavy atom. The van der Waals surface area contributed by atoms with E-state index in [0.29, 0.717) is 23.9 Å². The maximum atomic E-state index is 12.4. The highest BCUT2D eigenvalue weighted by molar-refractivity contribution is 7.45. The van der Waals surface area contributed by atoms with Crippen molar-refractivity contribution in [3.05, 3.63) is 24.3 Å². The summed E-state index contributed by atoms with van der Waals surface area (Å²) >= 11 is 0. The van der Waals surface area contributed by atoms with E-state index in [-0.39, 0.29) is 26.1 Å². The highest BCUT2D eigenvalue weighted by Crippen LogP contribution is 2.38. The Labute approximate surface area is 256 Å². The van der Waals surface area contributed by atoms with E-state index in [1.54, 1.807) is 0 Å². The number of nitrogens with zero attached hydrogens (tertiary/aromatic N) is 1. The van der Waals surface area contributed by atoms with E-state index in [2.05, 4.69) is 31.2 Å². The molecular formula is C32H60NO8P. The van der Waals surface area contributed by atoms with E-state index < -0.39 is 32.5 Å². The zero-order chi connectivity index (χ0) is 31.5. The zero-order valence-electron chi connectivity index (χ0n) is 27.2. The first-order chi connectivity index (χ1) is 20.0. The standard InChI is InChI=1S/C32H60NO8P/c1-6-8-10-11-12-13-14-15-16-17-18-19-20-21-22-23-25-32(35)41-30(28-38-31(34)24-9-7-2)29-40-42(36,37)39-27-26-33(3,4)5/h13-14,16-17,30H,6-12,15,18-29H2,1-5H3/b14-13-,17-16-. The Kier molecular flexibility index (Phi) is 25.0. The van der Waals surface area contributed by atoms with E-state index in [1.807, 2.05) is 28.1 Å². The third kappa shape index (κ3) is 28.6. The fourth-order valence-electron chi connectivity index (χ4n) is 3.84. The number of carbonyl (C=O) groups excluding carboxylic acids is 2. The molecule has 0 saturated heterocycles. The Morgan fingerprint density at radius 3 is 1.93 bits per heavy atom. The molecular weight excluding hydrogens is 557 g/mol. The molecule has 0 bridgehead atoms. The third-order valence-electron chi connectivity index (χ3n) is 6.47. The van der Waals surface area contributed by atoms with Gasteiger partial charge in [-0.3, -0.25) is 14.2 Å². The van der Waals surface area contributed by atoms with E-state index >= 15 is 0 Å². The number of esters is 2. The van der Waals surface area contributed by atoms with Crippen molar-refractivity contribution >= 4 is 19.8 Å². The lowest BCUT2D eigenvalue weighted by molar-refractivity contribution is -0.870. The summed E-state index contributed by atoms with van der Waals surface area (Å²) in [5.41, 5.74) is 0. The number of unbranched alkanes of at least 4 members (excludes halogenated alkanes) is 10. The monoisotopic (exact) mass is 617 g/mol. The molecule has 0 radical (unpaired) electrons. The van der Waals surface area contributed by atoms with Crippen LogP contribution in [0.1, 0.15) is 117 Å². The van der Waals surface area contributed by atoms with Gasteiger partial charge in [-0.2, -0.15) is 0 Å². The number of likely N-dealkylation sites (N-methyl/N-ethyl adjacent to an activating group) is 1. The molecule has 0 saturated carbocycles. The van der Waals surface area contributed by atoms with Crippen molar-refractivity contribution in [3.8, 4) is 0 Å². The number of quaternary nitrogens is 1. The van der Waals surface area contributed by atoms with Crippen LogP contribution in [0.3, 0.4) is 0 Å². The van der Waals surface area contributed by atoms with Crippen LogP contribution in [0.5, 0.6) is 0 Å². The van der Waals surface area contributed by atoms with Crippen LogP contribution in [0.4, 0.5) is 0 Å². The molecule has 2 atom stereocenters. The van der Waals surface area contributed by atoms with Gasteiger partial charge < -0.3 is 27.9 Å². The molecule has 0 N–H and O–H groups in total. The van der Waals surface area contributed by atoms with Gasteiger partial charge in [-0.05, 0) is 44.9 Å². The highest BCUT2D eigenvalue weighted by Gasteiger charge is 2.21.